The topological polar surface area (TPSA) is 68.3 Å². The molecule has 2 aromatic rings. The van der Waals surface area contributed by atoms with E-state index in [0.717, 1.165) is 25.8 Å². The highest BCUT2D eigenvalue weighted by Crippen LogP contribution is 2.22. The molecule has 0 atom stereocenters. The lowest BCUT2D eigenvalue weighted by atomic mass is 9.93. The number of aryl methyl sites for hydroxylation is 2. The third-order valence-electron chi connectivity index (χ3n) is 4.33. The first-order chi connectivity index (χ1) is 11.1. The molecule has 0 unspecified atom stereocenters. The van der Waals surface area contributed by atoms with E-state index >= 15 is 0 Å². The number of aromatic nitrogens is 2. The number of carbonyl (C=O) groups excluding carboxylic acids is 1. The maximum Gasteiger partial charge on any atom is 0.289 e. The van der Waals surface area contributed by atoms with Gasteiger partial charge in [0.15, 0.2) is 11.2 Å². The third-order valence-corrected chi connectivity index (χ3v) is 4.33. The molecule has 0 bridgehead atoms. The SMILES string of the molecule is Cc1cc(=O)cc(C(=O)N2CCC(CCn3cccn3)CC2)o1. The number of nitrogens with zero attached hydrogens (tertiary/aromatic N) is 3. The molecule has 1 amide bonds. The fraction of sp³-hybridized carbons (Fsp3) is 0.471. The molecule has 1 aliphatic rings. The highest BCUT2D eigenvalue weighted by Gasteiger charge is 2.25. The molecule has 0 aromatic carbocycles. The molecule has 23 heavy (non-hydrogen) atoms. The second-order valence-electron chi connectivity index (χ2n) is 6.06. The van der Waals surface area contributed by atoms with Gasteiger partial charge in [-0.2, -0.15) is 5.10 Å². The van der Waals surface area contributed by atoms with Crippen LogP contribution in [-0.2, 0) is 6.54 Å². The quantitative estimate of drug-likeness (QED) is 0.866. The van der Waals surface area contributed by atoms with E-state index < -0.39 is 0 Å². The molecule has 0 N–H and O–H groups in total. The third kappa shape index (κ3) is 3.88. The number of hydrogen-bond acceptors (Lipinski definition) is 4. The summed E-state index contributed by atoms with van der Waals surface area (Å²) >= 11 is 0. The Labute approximate surface area is 134 Å². The normalized spacial score (nSPS) is 15.8. The molecule has 122 valence electrons. The van der Waals surface area contributed by atoms with Crippen molar-refractivity contribution in [2.24, 2.45) is 5.92 Å². The van der Waals surface area contributed by atoms with Crippen LogP contribution in [0.4, 0.5) is 0 Å². The van der Waals surface area contributed by atoms with E-state index in [1.807, 2.05) is 16.9 Å². The molecular weight excluding hydrogens is 294 g/mol. The number of amides is 1. The lowest BCUT2D eigenvalue weighted by molar-refractivity contribution is 0.0648. The van der Waals surface area contributed by atoms with E-state index in [2.05, 4.69) is 5.10 Å². The predicted molar refractivity (Wildman–Crippen MR) is 85.2 cm³/mol. The molecule has 2 aromatic heterocycles. The zero-order chi connectivity index (χ0) is 16.2. The summed E-state index contributed by atoms with van der Waals surface area (Å²) in [5.74, 6) is 1.03. The summed E-state index contributed by atoms with van der Waals surface area (Å²) in [6.07, 6.45) is 6.78. The standard InChI is InChI=1S/C17H21N3O3/c1-13-11-15(21)12-16(23-13)17(22)19-8-3-14(4-9-19)5-10-20-7-2-6-18-20/h2,6-7,11-12,14H,3-5,8-10H2,1H3. The van der Waals surface area contributed by atoms with E-state index in [9.17, 15) is 9.59 Å². The summed E-state index contributed by atoms with van der Waals surface area (Å²) in [7, 11) is 0. The van der Waals surface area contributed by atoms with Crippen LogP contribution in [0.5, 0.6) is 0 Å². The highest BCUT2D eigenvalue weighted by molar-refractivity contribution is 5.91. The van der Waals surface area contributed by atoms with Gasteiger partial charge in [-0.1, -0.05) is 0 Å². The van der Waals surface area contributed by atoms with Crippen LogP contribution in [0.3, 0.4) is 0 Å². The first-order valence-corrected chi connectivity index (χ1v) is 8.00. The monoisotopic (exact) mass is 315 g/mol. The van der Waals surface area contributed by atoms with Gasteiger partial charge in [0.1, 0.15) is 5.76 Å². The van der Waals surface area contributed by atoms with Crippen LogP contribution in [0.2, 0.25) is 0 Å². The number of hydrogen-bond donors (Lipinski definition) is 0. The van der Waals surface area contributed by atoms with Crippen LogP contribution in [0.1, 0.15) is 35.6 Å². The summed E-state index contributed by atoms with van der Waals surface area (Å²) < 4.78 is 7.34. The minimum atomic E-state index is -0.189. The van der Waals surface area contributed by atoms with Gasteiger partial charge in [0, 0.05) is 44.2 Å². The zero-order valence-corrected chi connectivity index (χ0v) is 13.3. The van der Waals surface area contributed by atoms with Gasteiger partial charge in [-0.3, -0.25) is 14.3 Å². The smallest absolute Gasteiger partial charge is 0.289 e. The van der Waals surface area contributed by atoms with E-state index in [1.54, 1.807) is 18.0 Å². The van der Waals surface area contributed by atoms with Crippen LogP contribution in [0, 0.1) is 12.8 Å². The Balaban J connectivity index is 1.53. The van der Waals surface area contributed by atoms with Crippen molar-refractivity contribution in [3.05, 3.63) is 52.3 Å². The molecule has 6 nitrogen and oxygen atoms in total. The predicted octanol–water partition coefficient (Wildman–Crippen LogP) is 2.09. The van der Waals surface area contributed by atoms with Gasteiger partial charge in [-0.15, -0.1) is 0 Å². The molecular formula is C17H21N3O3. The van der Waals surface area contributed by atoms with Gasteiger partial charge in [-0.25, -0.2) is 0 Å². The van der Waals surface area contributed by atoms with Crippen molar-refractivity contribution < 1.29 is 9.21 Å². The molecule has 1 fully saturated rings. The highest BCUT2D eigenvalue weighted by atomic mass is 16.3. The molecule has 0 aliphatic carbocycles. The fourth-order valence-corrected chi connectivity index (χ4v) is 3.04. The molecule has 0 spiro atoms. The number of likely N-dealkylation sites (tertiary alicyclic amines) is 1. The van der Waals surface area contributed by atoms with Gasteiger partial charge in [0.25, 0.3) is 5.91 Å². The number of rotatable bonds is 4. The first kappa shape index (κ1) is 15.5. The van der Waals surface area contributed by atoms with Crippen molar-refractivity contribution in [2.45, 2.75) is 32.7 Å². The van der Waals surface area contributed by atoms with Crippen LogP contribution < -0.4 is 5.43 Å². The molecule has 3 rings (SSSR count). The van der Waals surface area contributed by atoms with Gasteiger partial charge < -0.3 is 9.32 Å². The van der Waals surface area contributed by atoms with Gasteiger partial charge in [-0.05, 0) is 38.2 Å². The first-order valence-electron chi connectivity index (χ1n) is 8.00. The summed E-state index contributed by atoms with van der Waals surface area (Å²) in [5.41, 5.74) is -0.189. The summed E-state index contributed by atoms with van der Waals surface area (Å²) in [4.78, 5) is 25.7. The Bertz CT molecular complexity index is 713. The van der Waals surface area contributed by atoms with Crippen LogP contribution in [0.25, 0.3) is 0 Å². The number of carbonyl (C=O) groups is 1. The van der Waals surface area contributed by atoms with Gasteiger partial charge in [0.05, 0.1) is 0 Å². The Morgan fingerprint density at radius 2 is 2.13 bits per heavy atom. The molecule has 6 heteroatoms. The molecule has 0 radical (unpaired) electrons. The minimum absolute atomic E-state index is 0.144. The van der Waals surface area contributed by atoms with Crippen LogP contribution >= 0.6 is 0 Å². The Morgan fingerprint density at radius 1 is 1.35 bits per heavy atom. The average Bonchev–Trinajstić information content (AvgIpc) is 3.05. The van der Waals surface area contributed by atoms with Crippen molar-refractivity contribution in [1.82, 2.24) is 14.7 Å². The van der Waals surface area contributed by atoms with Gasteiger partial charge >= 0.3 is 0 Å². The Morgan fingerprint density at radius 3 is 2.78 bits per heavy atom. The Hall–Kier alpha value is -2.37. The maximum atomic E-state index is 12.4. The largest absolute Gasteiger partial charge is 0.456 e. The van der Waals surface area contributed by atoms with E-state index in [4.69, 9.17) is 4.42 Å². The van der Waals surface area contributed by atoms with Crippen LogP contribution in [-0.4, -0.2) is 33.7 Å². The Kier molecular flexibility index (Phi) is 4.60. The number of piperidine rings is 1. The zero-order valence-electron chi connectivity index (χ0n) is 13.3. The summed E-state index contributed by atoms with van der Waals surface area (Å²) in [6, 6.07) is 4.59. The summed E-state index contributed by atoms with van der Waals surface area (Å²) in [6.45, 7) is 4.01. The van der Waals surface area contributed by atoms with E-state index in [0.29, 0.717) is 24.8 Å². The molecule has 0 saturated carbocycles. The second-order valence-corrected chi connectivity index (χ2v) is 6.06. The molecule has 1 aliphatic heterocycles. The van der Waals surface area contributed by atoms with Crippen molar-refractivity contribution in [2.75, 3.05) is 13.1 Å². The fourth-order valence-electron chi connectivity index (χ4n) is 3.04. The average molecular weight is 315 g/mol. The lowest BCUT2D eigenvalue weighted by Gasteiger charge is -2.31. The van der Waals surface area contributed by atoms with Crippen molar-refractivity contribution in [3.63, 3.8) is 0 Å². The second kappa shape index (κ2) is 6.81. The minimum Gasteiger partial charge on any atom is -0.456 e. The van der Waals surface area contributed by atoms with Gasteiger partial charge in [0.2, 0.25) is 0 Å². The molecule has 1 saturated heterocycles. The van der Waals surface area contributed by atoms with Crippen molar-refractivity contribution >= 4 is 5.91 Å². The lowest BCUT2D eigenvalue weighted by Crippen LogP contribution is -2.39. The van der Waals surface area contributed by atoms with Crippen LogP contribution in [0.15, 0.2) is 39.8 Å². The maximum absolute atomic E-state index is 12.4. The summed E-state index contributed by atoms with van der Waals surface area (Å²) in [5, 5.41) is 4.21. The van der Waals surface area contributed by atoms with Crippen molar-refractivity contribution in [1.29, 1.82) is 0 Å². The molecule has 3 heterocycles. The van der Waals surface area contributed by atoms with E-state index in [1.165, 1.54) is 12.1 Å². The van der Waals surface area contributed by atoms with Crippen molar-refractivity contribution in [3.8, 4) is 0 Å². The van der Waals surface area contributed by atoms with E-state index in [-0.39, 0.29) is 17.1 Å².